The topological polar surface area (TPSA) is 63.5 Å². The van der Waals surface area contributed by atoms with Crippen molar-refractivity contribution in [2.75, 3.05) is 43.2 Å². The van der Waals surface area contributed by atoms with E-state index in [1.54, 1.807) is 29.0 Å². The Hall–Kier alpha value is -2.41. The number of nitrogens with zero attached hydrogens (tertiary/aromatic N) is 5. The molecule has 0 unspecified atom stereocenters. The number of likely N-dealkylation sites (N-methyl/N-ethyl adjacent to an activating group) is 1. The highest BCUT2D eigenvalue weighted by atomic mass is 16.5. The minimum atomic E-state index is 0.0129. The molecule has 0 radical (unpaired) electrons. The largest absolute Gasteiger partial charge is 0.378 e. The lowest BCUT2D eigenvalue weighted by Gasteiger charge is -2.28. The zero-order valence-electron chi connectivity index (χ0n) is 13.5. The average molecular weight is 315 g/mol. The minimum absolute atomic E-state index is 0.0129. The highest BCUT2D eigenvalue weighted by Crippen LogP contribution is 2.18. The van der Waals surface area contributed by atoms with Gasteiger partial charge < -0.3 is 14.5 Å². The van der Waals surface area contributed by atoms with Gasteiger partial charge in [0.1, 0.15) is 5.82 Å². The van der Waals surface area contributed by atoms with E-state index < -0.39 is 0 Å². The molecule has 3 heterocycles. The zero-order valence-corrected chi connectivity index (χ0v) is 13.5. The second-order valence-corrected chi connectivity index (χ2v) is 5.63. The molecule has 2 aromatic rings. The van der Waals surface area contributed by atoms with Crippen LogP contribution in [0.5, 0.6) is 0 Å². The van der Waals surface area contributed by atoms with Gasteiger partial charge in [-0.1, -0.05) is 0 Å². The molecule has 7 heteroatoms. The van der Waals surface area contributed by atoms with E-state index in [0.29, 0.717) is 6.42 Å². The van der Waals surface area contributed by atoms with Gasteiger partial charge in [-0.05, 0) is 17.7 Å². The van der Waals surface area contributed by atoms with Crippen LogP contribution in [0.25, 0.3) is 0 Å². The number of carbonyl (C=O) groups excluding carboxylic acids is 1. The molecule has 0 spiro atoms. The first-order valence-electron chi connectivity index (χ1n) is 7.66. The molecule has 1 amide bonds. The van der Waals surface area contributed by atoms with Crippen molar-refractivity contribution >= 4 is 17.4 Å². The zero-order chi connectivity index (χ0) is 16.2. The number of anilines is 2. The number of rotatable bonds is 4. The number of ether oxygens (including phenoxy) is 1. The summed E-state index contributed by atoms with van der Waals surface area (Å²) in [6.45, 7) is 3.16. The standard InChI is InChI=1S/C16H21N5O2/c1-19-12-13(10-18-19)9-16(22)20(2)14-3-4-15(17-11-14)21-5-7-23-8-6-21/h3-4,10-12H,5-9H2,1-2H3. The molecule has 0 saturated carbocycles. The molecule has 1 aliphatic rings. The number of hydrogen-bond acceptors (Lipinski definition) is 5. The van der Waals surface area contributed by atoms with Gasteiger partial charge in [-0.2, -0.15) is 5.10 Å². The average Bonchev–Trinajstić information content (AvgIpc) is 3.00. The number of hydrogen-bond donors (Lipinski definition) is 0. The molecule has 1 fully saturated rings. The summed E-state index contributed by atoms with van der Waals surface area (Å²) in [6, 6.07) is 3.88. The van der Waals surface area contributed by atoms with Crippen LogP contribution >= 0.6 is 0 Å². The lowest BCUT2D eigenvalue weighted by molar-refractivity contribution is -0.117. The molecule has 3 rings (SSSR count). The fraction of sp³-hybridized carbons (Fsp3) is 0.438. The van der Waals surface area contributed by atoms with E-state index in [0.717, 1.165) is 43.4 Å². The fourth-order valence-corrected chi connectivity index (χ4v) is 2.56. The second kappa shape index (κ2) is 6.78. The summed E-state index contributed by atoms with van der Waals surface area (Å²) in [5.74, 6) is 0.934. The van der Waals surface area contributed by atoms with Crippen molar-refractivity contribution in [1.29, 1.82) is 0 Å². The van der Waals surface area contributed by atoms with Crippen LogP contribution in [0.2, 0.25) is 0 Å². The molecular formula is C16H21N5O2. The van der Waals surface area contributed by atoms with Crippen LogP contribution in [0.15, 0.2) is 30.7 Å². The maximum Gasteiger partial charge on any atom is 0.231 e. The monoisotopic (exact) mass is 315 g/mol. The van der Waals surface area contributed by atoms with Crippen molar-refractivity contribution in [2.45, 2.75) is 6.42 Å². The van der Waals surface area contributed by atoms with Gasteiger partial charge in [0.15, 0.2) is 0 Å². The van der Waals surface area contributed by atoms with Crippen LogP contribution in [-0.2, 0) is 23.0 Å². The quantitative estimate of drug-likeness (QED) is 0.837. The van der Waals surface area contributed by atoms with Crippen molar-refractivity contribution < 1.29 is 9.53 Å². The molecule has 0 N–H and O–H groups in total. The van der Waals surface area contributed by atoms with E-state index in [2.05, 4.69) is 15.0 Å². The summed E-state index contributed by atoms with van der Waals surface area (Å²) < 4.78 is 7.04. The summed E-state index contributed by atoms with van der Waals surface area (Å²) in [5.41, 5.74) is 1.69. The summed E-state index contributed by atoms with van der Waals surface area (Å²) >= 11 is 0. The van der Waals surface area contributed by atoms with Crippen LogP contribution in [0, 0.1) is 0 Å². The molecule has 122 valence electrons. The second-order valence-electron chi connectivity index (χ2n) is 5.63. The lowest BCUT2D eigenvalue weighted by Crippen LogP contribution is -2.36. The van der Waals surface area contributed by atoms with Crippen molar-refractivity contribution in [3.8, 4) is 0 Å². The van der Waals surface area contributed by atoms with E-state index in [1.807, 2.05) is 25.4 Å². The van der Waals surface area contributed by atoms with Crippen molar-refractivity contribution in [1.82, 2.24) is 14.8 Å². The molecule has 2 aromatic heterocycles. The summed E-state index contributed by atoms with van der Waals surface area (Å²) in [7, 11) is 3.61. The van der Waals surface area contributed by atoms with E-state index in [-0.39, 0.29) is 5.91 Å². The van der Waals surface area contributed by atoms with Crippen LogP contribution in [0.4, 0.5) is 11.5 Å². The Morgan fingerprint density at radius 3 is 2.70 bits per heavy atom. The Kier molecular flexibility index (Phi) is 4.57. The molecule has 0 atom stereocenters. The number of morpholine rings is 1. The van der Waals surface area contributed by atoms with Gasteiger partial charge in [0.2, 0.25) is 5.91 Å². The molecule has 1 saturated heterocycles. The van der Waals surface area contributed by atoms with E-state index >= 15 is 0 Å². The Morgan fingerprint density at radius 1 is 1.30 bits per heavy atom. The van der Waals surface area contributed by atoms with Crippen molar-refractivity contribution in [2.24, 2.45) is 7.05 Å². The van der Waals surface area contributed by atoms with E-state index in [4.69, 9.17) is 4.74 Å². The van der Waals surface area contributed by atoms with Crippen molar-refractivity contribution in [3.05, 3.63) is 36.3 Å². The number of aromatic nitrogens is 3. The first kappa shape index (κ1) is 15.5. The summed E-state index contributed by atoms with van der Waals surface area (Å²) in [4.78, 5) is 20.6. The van der Waals surface area contributed by atoms with Crippen LogP contribution < -0.4 is 9.80 Å². The number of pyridine rings is 1. The minimum Gasteiger partial charge on any atom is -0.378 e. The lowest BCUT2D eigenvalue weighted by atomic mass is 10.2. The first-order valence-corrected chi connectivity index (χ1v) is 7.66. The van der Waals surface area contributed by atoms with Crippen molar-refractivity contribution in [3.63, 3.8) is 0 Å². The van der Waals surface area contributed by atoms with Gasteiger partial charge in [0, 0.05) is 33.4 Å². The van der Waals surface area contributed by atoms with Crippen LogP contribution in [0.3, 0.4) is 0 Å². The van der Waals surface area contributed by atoms with Gasteiger partial charge in [-0.25, -0.2) is 4.98 Å². The molecule has 1 aliphatic heterocycles. The highest BCUT2D eigenvalue weighted by Gasteiger charge is 2.15. The third-order valence-corrected chi connectivity index (χ3v) is 3.94. The van der Waals surface area contributed by atoms with Crippen LogP contribution in [0.1, 0.15) is 5.56 Å². The third-order valence-electron chi connectivity index (χ3n) is 3.94. The Morgan fingerprint density at radius 2 is 2.09 bits per heavy atom. The van der Waals surface area contributed by atoms with Crippen LogP contribution in [-0.4, -0.2) is 54.0 Å². The van der Waals surface area contributed by atoms with Gasteiger partial charge in [0.25, 0.3) is 0 Å². The van der Waals surface area contributed by atoms with E-state index in [9.17, 15) is 4.79 Å². The van der Waals surface area contributed by atoms with E-state index in [1.165, 1.54) is 0 Å². The summed E-state index contributed by atoms with van der Waals surface area (Å²) in [5, 5.41) is 4.08. The highest BCUT2D eigenvalue weighted by molar-refractivity contribution is 5.94. The first-order chi connectivity index (χ1) is 11.1. The molecule has 0 aromatic carbocycles. The molecule has 0 bridgehead atoms. The van der Waals surface area contributed by atoms with Gasteiger partial charge in [-0.3, -0.25) is 9.48 Å². The van der Waals surface area contributed by atoms with Gasteiger partial charge in [0.05, 0.1) is 37.7 Å². The molecule has 0 aliphatic carbocycles. The number of aryl methyl sites for hydroxylation is 1. The predicted molar refractivity (Wildman–Crippen MR) is 87.6 cm³/mol. The fourth-order valence-electron chi connectivity index (χ4n) is 2.56. The summed E-state index contributed by atoms with van der Waals surface area (Å²) in [6.07, 6.45) is 5.64. The van der Waals surface area contributed by atoms with Gasteiger partial charge >= 0.3 is 0 Å². The maximum atomic E-state index is 12.3. The normalized spacial score (nSPS) is 14.8. The molecule has 7 nitrogen and oxygen atoms in total. The maximum absolute atomic E-state index is 12.3. The Balaban J connectivity index is 1.64. The molecule has 23 heavy (non-hydrogen) atoms. The number of carbonyl (C=O) groups is 1. The SMILES string of the molecule is CN(C(=O)Cc1cnn(C)c1)c1ccc(N2CCOCC2)nc1. The third kappa shape index (κ3) is 3.68. The smallest absolute Gasteiger partial charge is 0.231 e. The number of amides is 1. The Bertz CT molecular complexity index is 661. The molecular weight excluding hydrogens is 294 g/mol. The van der Waals surface area contributed by atoms with Gasteiger partial charge in [-0.15, -0.1) is 0 Å². The predicted octanol–water partition coefficient (Wildman–Crippen LogP) is 0.857. The Labute approximate surface area is 135 Å².